The molecular weight excluding hydrogens is 367 g/mol. The SMILES string of the molecule is Cc1cn2cc(NC(=O)c3ccc(C4=CCNCC4)cc3F)ccc2n1.Cl. The highest BCUT2D eigenvalue weighted by atomic mass is 35.5. The summed E-state index contributed by atoms with van der Waals surface area (Å²) in [6.45, 7) is 3.57. The summed E-state index contributed by atoms with van der Waals surface area (Å²) in [5, 5.41) is 5.98. The molecule has 0 fully saturated rings. The Morgan fingerprint density at radius 2 is 2.11 bits per heavy atom. The third kappa shape index (κ3) is 4.02. The molecule has 4 rings (SSSR count). The molecule has 27 heavy (non-hydrogen) atoms. The number of aromatic nitrogens is 2. The molecule has 0 radical (unpaired) electrons. The van der Waals surface area contributed by atoms with Gasteiger partial charge in [-0.05, 0) is 55.3 Å². The molecule has 0 bridgehead atoms. The van der Waals surface area contributed by atoms with E-state index in [9.17, 15) is 9.18 Å². The molecule has 0 atom stereocenters. The second-order valence-corrected chi connectivity index (χ2v) is 6.40. The van der Waals surface area contributed by atoms with E-state index in [1.54, 1.807) is 24.4 Å². The first-order chi connectivity index (χ1) is 12.6. The van der Waals surface area contributed by atoms with Gasteiger partial charge in [0, 0.05) is 18.9 Å². The van der Waals surface area contributed by atoms with E-state index in [-0.39, 0.29) is 18.0 Å². The van der Waals surface area contributed by atoms with Gasteiger partial charge in [0.2, 0.25) is 0 Å². The summed E-state index contributed by atoms with van der Waals surface area (Å²) in [4.78, 5) is 16.8. The van der Waals surface area contributed by atoms with Gasteiger partial charge in [-0.2, -0.15) is 0 Å². The van der Waals surface area contributed by atoms with E-state index in [0.29, 0.717) is 5.69 Å². The van der Waals surface area contributed by atoms with Crippen LogP contribution in [0.25, 0.3) is 11.2 Å². The number of aryl methyl sites for hydroxylation is 1. The van der Waals surface area contributed by atoms with E-state index in [1.165, 1.54) is 6.07 Å². The molecular formula is C20H20ClFN4O. The molecule has 3 heterocycles. The van der Waals surface area contributed by atoms with Gasteiger partial charge in [0.1, 0.15) is 11.5 Å². The highest BCUT2D eigenvalue weighted by molar-refractivity contribution is 6.04. The number of benzene rings is 1. The van der Waals surface area contributed by atoms with Crippen LogP contribution in [0, 0.1) is 12.7 Å². The van der Waals surface area contributed by atoms with Crippen LogP contribution in [0.2, 0.25) is 0 Å². The fourth-order valence-corrected chi connectivity index (χ4v) is 3.17. The number of fused-ring (bicyclic) bond motifs is 1. The maximum absolute atomic E-state index is 14.5. The fraction of sp³-hybridized carbons (Fsp3) is 0.200. The Bertz CT molecular complexity index is 1030. The first kappa shape index (κ1) is 19.1. The van der Waals surface area contributed by atoms with Gasteiger partial charge in [-0.1, -0.05) is 12.1 Å². The van der Waals surface area contributed by atoms with E-state index in [1.807, 2.05) is 23.6 Å². The van der Waals surface area contributed by atoms with Gasteiger partial charge in [0.05, 0.1) is 16.9 Å². The van der Waals surface area contributed by atoms with Gasteiger partial charge >= 0.3 is 0 Å². The summed E-state index contributed by atoms with van der Waals surface area (Å²) in [5.41, 5.74) is 4.25. The molecule has 0 aliphatic carbocycles. The van der Waals surface area contributed by atoms with Crippen LogP contribution in [0.15, 0.2) is 48.8 Å². The van der Waals surface area contributed by atoms with Crippen LogP contribution < -0.4 is 10.6 Å². The van der Waals surface area contributed by atoms with Crippen molar-refractivity contribution in [3.63, 3.8) is 0 Å². The minimum absolute atomic E-state index is 0. The largest absolute Gasteiger partial charge is 0.321 e. The highest BCUT2D eigenvalue weighted by Gasteiger charge is 2.15. The molecule has 0 unspecified atom stereocenters. The minimum atomic E-state index is -0.515. The van der Waals surface area contributed by atoms with Gasteiger partial charge in [-0.3, -0.25) is 4.79 Å². The molecule has 0 spiro atoms. The fourth-order valence-electron chi connectivity index (χ4n) is 3.17. The molecule has 3 aromatic rings. The summed E-state index contributed by atoms with van der Waals surface area (Å²) in [5.74, 6) is -0.983. The highest BCUT2D eigenvalue weighted by Crippen LogP contribution is 2.23. The van der Waals surface area contributed by atoms with Gasteiger partial charge in [-0.25, -0.2) is 9.37 Å². The normalized spacial score (nSPS) is 13.8. The molecule has 2 N–H and O–H groups in total. The summed E-state index contributed by atoms with van der Waals surface area (Å²) in [7, 11) is 0. The summed E-state index contributed by atoms with van der Waals surface area (Å²) < 4.78 is 16.3. The number of carbonyl (C=O) groups excluding carboxylic acids is 1. The predicted octanol–water partition coefficient (Wildman–Crippen LogP) is 3.83. The number of hydrogen-bond acceptors (Lipinski definition) is 3. The van der Waals surface area contributed by atoms with E-state index in [2.05, 4.69) is 21.7 Å². The van der Waals surface area contributed by atoms with Crippen molar-refractivity contribution in [1.29, 1.82) is 0 Å². The quantitative estimate of drug-likeness (QED) is 0.719. The number of anilines is 1. The van der Waals surface area contributed by atoms with Crippen LogP contribution in [0.4, 0.5) is 10.1 Å². The van der Waals surface area contributed by atoms with E-state index in [4.69, 9.17) is 0 Å². The van der Waals surface area contributed by atoms with Crippen LogP contribution >= 0.6 is 12.4 Å². The summed E-state index contributed by atoms with van der Waals surface area (Å²) >= 11 is 0. The number of pyridine rings is 1. The molecule has 1 aliphatic heterocycles. The second-order valence-electron chi connectivity index (χ2n) is 6.40. The number of halogens is 2. The van der Waals surface area contributed by atoms with Crippen molar-refractivity contribution < 1.29 is 9.18 Å². The van der Waals surface area contributed by atoms with Crippen molar-refractivity contribution in [2.24, 2.45) is 0 Å². The Morgan fingerprint density at radius 3 is 2.85 bits per heavy atom. The van der Waals surface area contributed by atoms with Crippen LogP contribution in [-0.4, -0.2) is 28.4 Å². The Kier molecular flexibility index (Phi) is 5.58. The van der Waals surface area contributed by atoms with Gasteiger partial charge < -0.3 is 15.0 Å². The lowest BCUT2D eigenvalue weighted by Gasteiger charge is -2.15. The topological polar surface area (TPSA) is 58.4 Å². The molecule has 0 saturated carbocycles. The zero-order valence-electron chi connectivity index (χ0n) is 14.8. The van der Waals surface area contributed by atoms with Crippen molar-refractivity contribution in [2.75, 3.05) is 18.4 Å². The zero-order chi connectivity index (χ0) is 18.1. The zero-order valence-corrected chi connectivity index (χ0v) is 15.6. The average molecular weight is 387 g/mol. The third-order valence-electron chi connectivity index (χ3n) is 4.48. The number of nitrogens with zero attached hydrogens (tertiary/aromatic N) is 2. The second kappa shape index (κ2) is 7.90. The smallest absolute Gasteiger partial charge is 0.258 e. The molecule has 7 heteroatoms. The molecule has 5 nitrogen and oxygen atoms in total. The lowest BCUT2D eigenvalue weighted by molar-refractivity contribution is 0.102. The number of rotatable bonds is 3. The maximum atomic E-state index is 14.5. The van der Waals surface area contributed by atoms with E-state index < -0.39 is 11.7 Å². The van der Waals surface area contributed by atoms with Crippen molar-refractivity contribution in [2.45, 2.75) is 13.3 Å². The van der Waals surface area contributed by atoms with Gasteiger partial charge in [0.15, 0.2) is 0 Å². The van der Waals surface area contributed by atoms with Crippen LogP contribution in [0.1, 0.15) is 28.0 Å². The van der Waals surface area contributed by atoms with Crippen molar-refractivity contribution in [1.82, 2.24) is 14.7 Å². The van der Waals surface area contributed by atoms with Crippen LogP contribution in [0.5, 0.6) is 0 Å². The molecule has 140 valence electrons. The molecule has 1 aliphatic rings. The van der Waals surface area contributed by atoms with Gasteiger partial charge in [0.25, 0.3) is 5.91 Å². The number of hydrogen-bond donors (Lipinski definition) is 2. The van der Waals surface area contributed by atoms with Crippen LogP contribution in [0.3, 0.4) is 0 Å². The first-order valence-corrected chi connectivity index (χ1v) is 8.56. The average Bonchev–Trinajstić information content (AvgIpc) is 3.01. The standard InChI is InChI=1S/C20H19FN4O.ClH/c1-13-11-25-12-16(3-5-19(25)23-13)24-20(26)17-4-2-15(10-18(17)21)14-6-8-22-9-7-14;/h2-6,10-12,22H,7-9H2,1H3,(H,24,26);1H. The Hall–Kier alpha value is -2.70. The lowest BCUT2D eigenvalue weighted by Crippen LogP contribution is -2.20. The number of carbonyl (C=O) groups is 1. The predicted molar refractivity (Wildman–Crippen MR) is 107 cm³/mol. The summed E-state index contributed by atoms with van der Waals surface area (Å²) in [6, 6.07) is 8.35. The molecule has 0 saturated heterocycles. The van der Waals surface area contributed by atoms with Gasteiger partial charge in [-0.15, -0.1) is 12.4 Å². The number of imidazole rings is 1. The molecule has 1 aromatic carbocycles. The lowest BCUT2D eigenvalue weighted by atomic mass is 9.98. The van der Waals surface area contributed by atoms with E-state index in [0.717, 1.165) is 42.0 Å². The maximum Gasteiger partial charge on any atom is 0.258 e. The molecule has 1 amide bonds. The minimum Gasteiger partial charge on any atom is -0.321 e. The molecule has 2 aromatic heterocycles. The number of nitrogens with one attached hydrogen (secondary N) is 2. The van der Waals surface area contributed by atoms with Crippen molar-refractivity contribution in [3.05, 3.63) is 71.4 Å². The Labute approximate surface area is 162 Å². The van der Waals surface area contributed by atoms with E-state index >= 15 is 0 Å². The first-order valence-electron chi connectivity index (χ1n) is 8.56. The Morgan fingerprint density at radius 1 is 1.26 bits per heavy atom. The van der Waals surface area contributed by atoms with Crippen molar-refractivity contribution >= 4 is 35.2 Å². The van der Waals surface area contributed by atoms with Crippen LogP contribution in [-0.2, 0) is 0 Å². The number of amides is 1. The third-order valence-corrected chi connectivity index (χ3v) is 4.48. The Balaban J connectivity index is 0.00000210. The monoisotopic (exact) mass is 386 g/mol. The summed E-state index contributed by atoms with van der Waals surface area (Å²) in [6.07, 6.45) is 6.54. The van der Waals surface area contributed by atoms with Crippen molar-refractivity contribution in [3.8, 4) is 0 Å².